The van der Waals surface area contributed by atoms with Crippen LogP contribution in [-0.2, 0) is 15.7 Å². The number of rotatable bonds is 3. The topological polar surface area (TPSA) is 92.7 Å². The number of allylic oxidation sites excluding steroid dienone is 1. The number of ether oxygens (including phenoxy) is 1. The zero-order valence-electron chi connectivity index (χ0n) is 16.0. The normalized spacial score (nSPS) is 13.6. The summed E-state index contributed by atoms with van der Waals surface area (Å²) >= 11 is 0. The minimum absolute atomic E-state index is 0.00118. The van der Waals surface area contributed by atoms with Gasteiger partial charge in [-0.2, -0.15) is 13.2 Å². The van der Waals surface area contributed by atoms with Crippen LogP contribution in [0.2, 0.25) is 0 Å². The molecule has 0 atom stereocenters. The van der Waals surface area contributed by atoms with Gasteiger partial charge in [-0.05, 0) is 38.1 Å². The number of esters is 1. The van der Waals surface area contributed by atoms with Gasteiger partial charge in [0.05, 0.1) is 23.5 Å². The summed E-state index contributed by atoms with van der Waals surface area (Å²) in [4.78, 5) is 32.8. The van der Waals surface area contributed by atoms with E-state index in [4.69, 9.17) is 4.74 Å². The van der Waals surface area contributed by atoms with Crippen LogP contribution in [-0.4, -0.2) is 29.3 Å². The SMILES string of the molecule is CCOC(=O)C1=C(C)Nc2ccccc2N=C1NC(=O)c1ccc(C(F)(F)F)nc1. The highest BCUT2D eigenvalue weighted by Gasteiger charge is 2.32. The molecule has 0 radical (unpaired) electrons. The number of benzene rings is 1. The minimum Gasteiger partial charge on any atom is -0.462 e. The summed E-state index contributed by atoms with van der Waals surface area (Å²) in [5.74, 6) is -1.57. The number of carbonyl (C=O) groups is 2. The standard InChI is InChI=1S/C20H17F3N4O3/c1-3-30-19(29)16-11(2)25-13-6-4-5-7-14(13)26-17(16)27-18(28)12-8-9-15(24-10-12)20(21,22)23/h4-10,25H,3H2,1-2H3,(H,26,27,28). The average Bonchev–Trinajstić information content (AvgIpc) is 2.82. The Bertz CT molecular complexity index is 1040. The number of aliphatic imine (C=N–C) groups is 1. The number of aromatic nitrogens is 1. The van der Waals surface area contributed by atoms with E-state index in [0.29, 0.717) is 23.1 Å². The summed E-state index contributed by atoms with van der Waals surface area (Å²) in [6.07, 6.45) is -3.81. The number of pyridine rings is 1. The number of carbonyl (C=O) groups excluding carboxylic acids is 2. The maximum absolute atomic E-state index is 12.7. The summed E-state index contributed by atoms with van der Waals surface area (Å²) in [6.45, 7) is 3.36. The molecule has 1 amide bonds. The Kier molecular flexibility index (Phi) is 5.86. The Morgan fingerprint density at radius 1 is 1.17 bits per heavy atom. The maximum atomic E-state index is 12.7. The van der Waals surface area contributed by atoms with E-state index in [0.717, 1.165) is 12.3 Å². The van der Waals surface area contributed by atoms with Crippen molar-refractivity contribution in [3.05, 3.63) is 65.1 Å². The quantitative estimate of drug-likeness (QED) is 0.740. The van der Waals surface area contributed by atoms with Gasteiger partial charge in [0.2, 0.25) is 0 Å². The molecule has 30 heavy (non-hydrogen) atoms. The molecule has 0 saturated carbocycles. The lowest BCUT2D eigenvalue weighted by Gasteiger charge is -2.13. The second-order valence-electron chi connectivity index (χ2n) is 6.21. The van der Waals surface area contributed by atoms with E-state index < -0.39 is 23.7 Å². The highest BCUT2D eigenvalue weighted by Crippen LogP contribution is 2.30. The summed E-state index contributed by atoms with van der Waals surface area (Å²) in [5, 5.41) is 5.54. The van der Waals surface area contributed by atoms with Gasteiger partial charge in [0, 0.05) is 11.9 Å². The first-order valence-corrected chi connectivity index (χ1v) is 8.88. The Hall–Kier alpha value is -3.69. The highest BCUT2D eigenvalue weighted by atomic mass is 19.4. The molecule has 7 nitrogen and oxygen atoms in total. The molecule has 1 aromatic carbocycles. The molecule has 2 aromatic rings. The third-order valence-electron chi connectivity index (χ3n) is 4.10. The Morgan fingerprint density at radius 3 is 2.53 bits per heavy atom. The minimum atomic E-state index is -4.62. The number of hydrogen-bond donors (Lipinski definition) is 2. The number of nitrogens with one attached hydrogen (secondary N) is 2. The molecule has 10 heteroatoms. The van der Waals surface area contributed by atoms with Crippen LogP contribution in [0.5, 0.6) is 0 Å². The number of fused-ring (bicyclic) bond motifs is 1. The van der Waals surface area contributed by atoms with Gasteiger partial charge < -0.3 is 15.4 Å². The molecule has 1 aliphatic rings. The second-order valence-corrected chi connectivity index (χ2v) is 6.21. The van der Waals surface area contributed by atoms with Crippen LogP contribution in [0.1, 0.15) is 29.9 Å². The van der Waals surface area contributed by atoms with Crippen LogP contribution in [0.4, 0.5) is 24.5 Å². The summed E-state index contributed by atoms with van der Waals surface area (Å²) < 4.78 is 43.1. The average molecular weight is 418 g/mol. The number of amidine groups is 1. The smallest absolute Gasteiger partial charge is 0.433 e. The third kappa shape index (κ3) is 4.48. The van der Waals surface area contributed by atoms with Crippen molar-refractivity contribution >= 4 is 29.1 Å². The summed E-state index contributed by atoms with van der Waals surface area (Å²) in [7, 11) is 0. The number of hydrogen-bond acceptors (Lipinski definition) is 6. The van der Waals surface area contributed by atoms with Crippen LogP contribution in [0.3, 0.4) is 0 Å². The van der Waals surface area contributed by atoms with Crippen molar-refractivity contribution in [2.24, 2.45) is 4.99 Å². The Morgan fingerprint density at radius 2 is 1.90 bits per heavy atom. The van der Waals surface area contributed by atoms with Gasteiger partial charge in [-0.25, -0.2) is 9.79 Å². The van der Waals surface area contributed by atoms with E-state index in [1.54, 1.807) is 38.1 Å². The molecular weight excluding hydrogens is 401 g/mol. The van der Waals surface area contributed by atoms with Gasteiger partial charge in [-0.1, -0.05) is 12.1 Å². The van der Waals surface area contributed by atoms with Crippen LogP contribution < -0.4 is 10.6 Å². The van der Waals surface area contributed by atoms with Gasteiger partial charge in [-0.3, -0.25) is 9.78 Å². The van der Waals surface area contributed by atoms with Crippen molar-refractivity contribution < 1.29 is 27.5 Å². The third-order valence-corrected chi connectivity index (χ3v) is 4.10. The van der Waals surface area contributed by atoms with E-state index in [1.165, 1.54) is 0 Å². The summed E-state index contributed by atoms with van der Waals surface area (Å²) in [6, 6.07) is 8.62. The molecule has 2 heterocycles. The van der Waals surface area contributed by atoms with E-state index in [1.807, 2.05) is 0 Å². The lowest BCUT2D eigenvalue weighted by molar-refractivity contribution is -0.141. The molecule has 0 aliphatic carbocycles. The molecule has 1 aromatic heterocycles. The fourth-order valence-corrected chi connectivity index (χ4v) is 2.71. The van der Waals surface area contributed by atoms with E-state index >= 15 is 0 Å². The van der Waals surface area contributed by atoms with E-state index in [2.05, 4.69) is 20.6 Å². The van der Waals surface area contributed by atoms with E-state index in [9.17, 15) is 22.8 Å². The molecule has 3 rings (SSSR count). The first kappa shape index (κ1) is 21.0. The van der Waals surface area contributed by atoms with Gasteiger partial charge in [-0.15, -0.1) is 0 Å². The van der Waals surface area contributed by atoms with Crippen LogP contribution in [0.25, 0.3) is 0 Å². The first-order valence-electron chi connectivity index (χ1n) is 8.88. The second kappa shape index (κ2) is 8.36. The molecule has 0 saturated heterocycles. The largest absolute Gasteiger partial charge is 0.462 e. The van der Waals surface area contributed by atoms with Crippen molar-refractivity contribution in [1.29, 1.82) is 0 Å². The molecule has 2 N–H and O–H groups in total. The lowest BCUT2D eigenvalue weighted by Crippen LogP contribution is -2.35. The highest BCUT2D eigenvalue weighted by molar-refractivity contribution is 6.25. The Labute approximate surface area is 169 Å². The molecule has 0 bridgehead atoms. The molecular formula is C20H17F3N4O3. The van der Waals surface area contributed by atoms with Crippen LogP contribution >= 0.6 is 0 Å². The fourth-order valence-electron chi connectivity index (χ4n) is 2.71. The monoisotopic (exact) mass is 418 g/mol. The predicted octanol–water partition coefficient (Wildman–Crippen LogP) is 3.82. The number of nitrogens with zero attached hydrogens (tertiary/aromatic N) is 2. The first-order chi connectivity index (χ1) is 14.2. The molecule has 0 fully saturated rings. The van der Waals surface area contributed by atoms with Crippen molar-refractivity contribution in [3.8, 4) is 0 Å². The van der Waals surface area contributed by atoms with Crippen LogP contribution in [0, 0.1) is 0 Å². The zero-order valence-corrected chi connectivity index (χ0v) is 16.0. The number of anilines is 1. The van der Waals surface area contributed by atoms with Gasteiger partial charge in [0.15, 0.2) is 0 Å². The molecule has 1 aliphatic heterocycles. The predicted molar refractivity (Wildman–Crippen MR) is 103 cm³/mol. The Balaban J connectivity index is 1.97. The fraction of sp³-hybridized carbons (Fsp3) is 0.200. The lowest BCUT2D eigenvalue weighted by atomic mass is 10.1. The molecule has 156 valence electrons. The van der Waals surface area contributed by atoms with Crippen molar-refractivity contribution in [1.82, 2.24) is 10.3 Å². The van der Waals surface area contributed by atoms with Gasteiger partial charge >= 0.3 is 12.1 Å². The number of para-hydroxylation sites is 2. The van der Waals surface area contributed by atoms with E-state index in [-0.39, 0.29) is 23.6 Å². The zero-order chi connectivity index (χ0) is 21.9. The number of amides is 1. The number of halogens is 3. The number of alkyl halides is 3. The molecule has 0 unspecified atom stereocenters. The van der Waals surface area contributed by atoms with Gasteiger partial charge in [0.25, 0.3) is 5.91 Å². The summed E-state index contributed by atoms with van der Waals surface area (Å²) in [5.41, 5.74) is 0.211. The van der Waals surface area contributed by atoms with Crippen molar-refractivity contribution in [3.63, 3.8) is 0 Å². The van der Waals surface area contributed by atoms with Crippen molar-refractivity contribution in [2.45, 2.75) is 20.0 Å². The van der Waals surface area contributed by atoms with Crippen molar-refractivity contribution in [2.75, 3.05) is 11.9 Å². The van der Waals surface area contributed by atoms with Gasteiger partial charge in [0.1, 0.15) is 17.1 Å². The molecule has 0 spiro atoms. The van der Waals surface area contributed by atoms with Crippen LogP contribution in [0.15, 0.2) is 58.9 Å². The maximum Gasteiger partial charge on any atom is 0.433 e.